The minimum atomic E-state index is -5.83. The zero-order valence-electron chi connectivity index (χ0n) is 5.91. The summed E-state index contributed by atoms with van der Waals surface area (Å²) in [6.07, 6.45) is -8.16. The maximum atomic E-state index is 11.6. The maximum Gasteiger partial charge on any atom is 1.00 e. The van der Waals surface area contributed by atoms with Crippen molar-refractivity contribution in [2.75, 3.05) is 0 Å². The van der Waals surface area contributed by atoms with Crippen molar-refractivity contribution in [3.63, 3.8) is 0 Å². The molecule has 0 saturated heterocycles. The number of carboxylic acids is 1. The van der Waals surface area contributed by atoms with E-state index < -0.39 is 24.5 Å². The van der Waals surface area contributed by atoms with Gasteiger partial charge in [0.05, 0.1) is 6.42 Å². The van der Waals surface area contributed by atoms with Crippen LogP contribution in [0.4, 0.5) is 22.0 Å². The van der Waals surface area contributed by atoms with Crippen LogP contribution in [0.1, 0.15) is 6.42 Å². The first-order chi connectivity index (χ1) is 4.67. The van der Waals surface area contributed by atoms with Gasteiger partial charge in [0.25, 0.3) is 0 Å². The van der Waals surface area contributed by atoms with Crippen LogP contribution in [0.3, 0.4) is 0 Å². The Kier molecular flexibility index (Phi) is 6.15. The Balaban J connectivity index is 0. The van der Waals surface area contributed by atoms with E-state index in [1.54, 1.807) is 0 Å². The smallest absolute Gasteiger partial charge is 0.550 e. The minimum absolute atomic E-state index is 0. The zero-order chi connectivity index (χ0) is 9.28. The monoisotopic (exact) mass is 216 g/mol. The summed E-state index contributed by atoms with van der Waals surface area (Å²) >= 11 is 0. The van der Waals surface area contributed by atoms with Crippen LogP contribution in [-0.4, -0.2) is 18.1 Å². The van der Waals surface area contributed by atoms with Crippen LogP contribution in [0.25, 0.3) is 0 Å². The van der Waals surface area contributed by atoms with E-state index in [2.05, 4.69) is 0 Å². The first-order valence-electron chi connectivity index (χ1n) is 2.31. The van der Waals surface area contributed by atoms with Gasteiger partial charge in [0.15, 0.2) is 0 Å². The Morgan fingerprint density at radius 1 is 1.17 bits per heavy atom. The van der Waals surface area contributed by atoms with Gasteiger partial charge in [0.1, 0.15) is 0 Å². The quantitative estimate of drug-likeness (QED) is 0.373. The summed E-state index contributed by atoms with van der Waals surface area (Å²) in [5, 5.41) is 9.37. The van der Waals surface area contributed by atoms with Crippen molar-refractivity contribution >= 4 is 5.97 Å². The summed E-state index contributed by atoms with van der Waals surface area (Å²) in [7, 11) is 0. The molecule has 0 aromatic rings. The second kappa shape index (κ2) is 4.84. The van der Waals surface area contributed by atoms with Crippen molar-refractivity contribution in [2.24, 2.45) is 0 Å². The average molecular weight is 216 g/mol. The van der Waals surface area contributed by atoms with E-state index in [0.29, 0.717) is 0 Å². The normalized spacial score (nSPS) is 12.1. The Bertz CT molecular complexity index is 165. The van der Waals surface area contributed by atoms with Crippen LogP contribution >= 0.6 is 0 Å². The van der Waals surface area contributed by atoms with Gasteiger partial charge in [0.2, 0.25) is 0 Å². The van der Waals surface area contributed by atoms with E-state index in [4.69, 9.17) is 0 Å². The van der Waals surface area contributed by atoms with Crippen molar-refractivity contribution in [2.45, 2.75) is 18.5 Å². The topological polar surface area (TPSA) is 40.1 Å². The summed E-state index contributed by atoms with van der Waals surface area (Å²) in [6.45, 7) is 0. The van der Waals surface area contributed by atoms with Gasteiger partial charge >= 0.3 is 63.5 Å². The Morgan fingerprint density at radius 3 is 1.58 bits per heavy atom. The molecule has 0 rings (SSSR count). The Morgan fingerprint density at radius 2 is 1.50 bits per heavy atom. The Labute approximate surface area is 107 Å². The van der Waals surface area contributed by atoms with Crippen molar-refractivity contribution in [3.05, 3.63) is 0 Å². The third-order valence-electron chi connectivity index (χ3n) is 0.781. The SMILES string of the molecule is O=C([O-])CC(F)(F)C(F)(F)F.[K+]. The van der Waals surface area contributed by atoms with Crippen molar-refractivity contribution < 1.29 is 83.2 Å². The molecule has 8 heteroatoms. The number of aliphatic carboxylic acids is 1. The molecule has 66 valence electrons. The first-order valence-corrected chi connectivity index (χ1v) is 2.31. The molecule has 0 N–H and O–H groups in total. The molecule has 0 unspecified atom stereocenters. The van der Waals surface area contributed by atoms with Crippen molar-refractivity contribution in [1.29, 1.82) is 0 Å². The second-order valence-electron chi connectivity index (χ2n) is 1.75. The molecule has 0 aliphatic rings. The fourth-order valence-electron chi connectivity index (χ4n) is 0.282. The predicted octanol–water partition coefficient (Wildman–Crippen LogP) is -2.67. The van der Waals surface area contributed by atoms with Gasteiger partial charge < -0.3 is 9.90 Å². The fraction of sp³-hybridized carbons (Fsp3) is 0.750. The number of carbonyl (C=O) groups is 1. The Hall–Kier alpha value is 0.756. The molecule has 0 aromatic carbocycles. The van der Waals surface area contributed by atoms with Gasteiger partial charge in [-0.2, -0.15) is 22.0 Å². The van der Waals surface area contributed by atoms with E-state index in [0.717, 1.165) is 0 Å². The van der Waals surface area contributed by atoms with Crippen LogP contribution in [0.5, 0.6) is 0 Å². The molecule has 0 fully saturated rings. The van der Waals surface area contributed by atoms with Crippen LogP contribution in [0, 0.1) is 0 Å². The second-order valence-corrected chi connectivity index (χ2v) is 1.75. The van der Waals surface area contributed by atoms with E-state index in [1.165, 1.54) is 0 Å². The molecule has 0 spiro atoms. The third kappa shape index (κ3) is 4.70. The number of hydrogen-bond donors (Lipinski definition) is 0. The third-order valence-corrected chi connectivity index (χ3v) is 0.781. The molecule has 0 aliphatic heterocycles. The summed E-state index contributed by atoms with van der Waals surface area (Å²) in [6, 6.07) is 0. The standard InChI is InChI=1S/C4H3F5O2.K/c5-3(6,1-2(10)11)4(7,8)9;/h1H2,(H,10,11);/q;+1/p-1. The molecule has 12 heavy (non-hydrogen) atoms. The summed E-state index contributed by atoms with van der Waals surface area (Å²) in [5.41, 5.74) is 0. The van der Waals surface area contributed by atoms with Crippen LogP contribution in [0.15, 0.2) is 0 Å². The molecule has 2 nitrogen and oxygen atoms in total. The van der Waals surface area contributed by atoms with Gasteiger partial charge in [-0.25, -0.2) is 0 Å². The summed E-state index contributed by atoms with van der Waals surface area (Å²) in [5.74, 6) is -7.64. The predicted molar refractivity (Wildman–Crippen MR) is 20.6 cm³/mol. The molecule has 0 bridgehead atoms. The van der Waals surface area contributed by atoms with Gasteiger partial charge in [-0.3, -0.25) is 0 Å². The molecular weight excluding hydrogens is 214 g/mol. The van der Waals surface area contributed by atoms with Crippen LogP contribution in [-0.2, 0) is 4.79 Å². The average Bonchev–Trinajstić information content (AvgIpc) is 1.56. The minimum Gasteiger partial charge on any atom is -0.550 e. The van der Waals surface area contributed by atoms with E-state index in [1.807, 2.05) is 0 Å². The molecular formula is C4H2F5KO2. The molecule has 0 aromatic heterocycles. The maximum absolute atomic E-state index is 11.6. The first kappa shape index (κ1) is 15.2. The van der Waals surface area contributed by atoms with Gasteiger partial charge in [-0.15, -0.1) is 0 Å². The number of hydrogen-bond acceptors (Lipinski definition) is 2. The van der Waals surface area contributed by atoms with Gasteiger partial charge in [-0.05, 0) is 0 Å². The molecule has 0 atom stereocenters. The number of carbonyl (C=O) groups excluding carboxylic acids is 1. The van der Waals surface area contributed by atoms with Crippen LogP contribution in [0.2, 0.25) is 0 Å². The molecule has 0 heterocycles. The molecule has 0 amide bonds. The number of alkyl halides is 5. The summed E-state index contributed by atoms with van der Waals surface area (Å²) < 4.78 is 56.7. The van der Waals surface area contributed by atoms with Crippen molar-refractivity contribution in [1.82, 2.24) is 0 Å². The number of rotatable bonds is 2. The molecule has 0 saturated carbocycles. The fourth-order valence-corrected chi connectivity index (χ4v) is 0.282. The van der Waals surface area contributed by atoms with Gasteiger partial charge in [0, 0.05) is 5.97 Å². The number of carboxylic acid groups (broad SMARTS) is 1. The molecule has 0 aliphatic carbocycles. The van der Waals surface area contributed by atoms with E-state index in [9.17, 15) is 31.9 Å². The largest absolute Gasteiger partial charge is 1.00 e. The van der Waals surface area contributed by atoms with Crippen molar-refractivity contribution in [3.8, 4) is 0 Å². The molecule has 0 radical (unpaired) electrons. The number of halogens is 5. The van der Waals surface area contributed by atoms with E-state index >= 15 is 0 Å². The zero-order valence-corrected chi connectivity index (χ0v) is 9.04. The van der Waals surface area contributed by atoms with Crippen LogP contribution < -0.4 is 56.5 Å². The summed E-state index contributed by atoms with van der Waals surface area (Å²) in [4.78, 5) is 9.37. The van der Waals surface area contributed by atoms with Gasteiger partial charge in [-0.1, -0.05) is 0 Å². The van der Waals surface area contributed by atoms with E-state index in [-0.39, 0.29) is 51.4 Å².